The summed E-state index contributed by atoms with van der Waals surface area (Å²) in [5.41, 5.74) is 4.51. The molecule has 0 unspecified atom stereocenters. The quantitative estimate of drug-likeness (QED) is 0.410. The van der Waals surface area contributed by atoms with Crippen LogP contribution in [0.4, 0.5) is 11.6 Å². The van der Waals surface area contributed by atoms with Crippen molar-refractivity contribution in [3.8, 4) is 5.75 Å². The fourth-order valence-corrected chi connectivity index (χ4v) is 5.54. The maximum Gasteiger partial charge on any atom is 0.267 e. The van der Waals surface area contributed by atoms with Crippen LogP contribution in [-0.2, 0) is 16.4 Å². The molecule has 0 bridgehead atoms. The van der Waals surface area contributed by atoms with E-state index < -0.39 is 10.0 Å². The van der Waals surface area contributed by atoms with Crippen LogP contribution in [0.5, 0.6) is 5.75 Å². The summed E-state index contributed by atoms with van der Waals surface area (Å²) in [5.74, 6) is 1.75. The molecule has 1 aliphatic heterocycles. The van der Waals surface area contributed by atoms with Gasteiger partial charge >= 0.3 is 0 Å². The van der Waals surface area contributed by atoms with E-state index in [9.17, 15) is 8.42 Å². The number of hydrogen-bond acceptors (Lipinski definition) is 6. The van der Waals surface area contributed by atoms with Crippen LogP contribution in [0.1, 0.15) is 16.7 Å². The first-order valence-electron chi connectivity index (χ1n) is 11.1. The van der Waals surface area contributed by atoms with Gasteiger partial charge in [0.2, 0.25) is 0 Å². The van der Waals surface area contributed by atoms with E-state index in [-0.39, 0.29) is 11.6 Å². The molecule has 4 aromatic rings. The molecule has 1 aliphatic rings. The zero-order valence-electron chi connectivity index (χ0n) is 19.4. The second-order valence-electron chi connectivity index (χ2n) is 8.46. The normalized spacial score (nSPS) is 13.4. The van der Waals surface area contributed by atoms with Gasteiger partial charge in [-0.1, -0.05) is 30.3 Å². The molecular formula is C26H26N4O3S. The van der Waals surface area contributed by atoms with Gasteiger partial charge in [0.05, 0.1) is 23.0 Å². The molecule has 5 rings (SSSR count). The number of nitrogens with zero attached hydrogens (tertiary/aromatic N) is 4. The lowest BCUT2D eigenvalue weighted by Crippen LogP contribution is -2.36. The molecule has 0 saturated carbocycles. The van der Waals surface area contributed by atoms with Crippen LogP contribution >= 0.6 is 0 Å². The first kappa shape index (κ1) is 22.2. The van der Waals surface area contributed by atoms with Gasteiger partial charge in [0, 0.05) is 6.54 Å². The lowest BCUT2D eigenvalue weighted by Gasteiger charge is -2.21. The molecule has 3 aromatic carbocycles. The van der Waals surface area contributed by atoms with Gasteiger partial charge in [-0.05, 0) is 73.4 Å². The van der Waals surface area contributed by atoms with Crippen LogP contribution < -0.4 is 13.9 Å². The topological polar surface area (TPSA) is 75.6 Å². The maximum absolute atomic E-state index is 13.7. The molecule has 7 nitrogen and oxygen atoms in total. The van der Waals surface area contributed by atoms with Gasteiger partial charge in [0.1, 0.15) is 12.4 Å². The molecule has 0 fully saturated rings. The zero-order valence-corrected chi connectivity index (χ0v) is 20.2. The molecule has 0 spiro atoms. The summed E-state index contributed by atoms with van der Waals surface area (Å²) in [6.45, 7) is 4.65. The third kappa shape index (κ3) is 3.94. The van der Waals surface area contributed by atoms with Crippen LogP contribution in [0.15, 0.2) is 71.6 Å². The molecule has 0 radical (unpaired) electrons. The zero-order chi connectivity index (χ0) is 23.9. The predicted octanol–water partition coefficient (Wildman–Crippen LogP) is 4.47. The van der Waals surface area contributed by atoms with E-state index in [2.05, 4.69) is 0 Å². The fraction of sp³-hybridized carbons (Fsp3) is 0.231. The molecule has 0 aliphatic carbocycles. The molecule has 0 amide bonds. The van der Waals surface area contributed by atoms with Crippen LogP contribution in [0.2, 0.25) is 0 Å². The van der Waals surface area contributed by atoms with Crippen LogP contribution in [0, 0.1) is 13.8 Å². The van der Waals surface area contributed by atoms with E-state index in [1.54, 1.807) is 19.2 Å². The summed E-state index contributed by atoms with van der Waals surface area (Å²) in [5, 5.41) is 0. The average molecular weight is 475 g/mol. The van der Waals surface area contributed by atoms with Gasteiger partial charge in [-0.3, -0.25) is 0 Å². The highest BCUT2D eigenvalue weighted by Gasteiger charge is 2.37. The van der Waals surface area contributed by atoms with Gasteiger partial charge in [-0.15, -0.1) is 0 Å². The summed E-state index contributed by atoms with van der Waals surface area (Å²) in [4.78, 5) is 11.8. The van der Waals surface area contributed by atoms with Crippen molar-refractivity contribution in [2.45, 2.75) is 25.2 Å². The molecule has 1 aromatic heterocycles. The minimum atomic E-state index is -3.81. The van der Waals surface area contributed by atoms with E-state index in [1.165, 1.54) is 4.31 Å². The fourth-order valence-electron chi connectivity index (χ4n) is 4.07. The second-order valence-corrected chi connectivity index (χ2v) is 10.3. The van der Waals surface area contributed by atoms with Crippen molar-refractivity contribution in [2.75, 3.05) is 29.5 Å². The number of fused-ring (bicyclic) bond motifs is 2. The van der Waals surface area contributed by atoms with E-state index >= 15 is 0 Å². The van der Waals surface area contributed by atoms with Crippen molar-refractivity contribution in [3.63, 3.8) is 0 Å². The predicted molar refractivity (Wildman–Crippen MR) is 134 cm³/mol. The molecule has 0 N–H and O–H groups in total. The SMILES string of the molecule is COc1ccc(CCN2CN(S(=O)(=O)c3ccc(C)c(C)c3)c3nc4ccccc4nc32)cc1. The van der Waals surface area contributed by atoms with Gasteiger partial charge in [0.15, 0.2) is 11.6 Å². The summed E-state index contributed by atoms with van der Waals surface area (Å²) in [6.07, 6.45) is 0.732. The molecular weight excluding hydrogens is 448 g/mol. The van der Waals surface area contributed by atoms with E-state index in [0.717, 1.165) is 34.4 Å². The van der Waals surface area contributed by atoms with Gasteiger partial charge < -0.3 is 9.64 Å². The number of rotatable bonds is 6. The van der Waals surface area contributed by atoms with Crippen LogP contribution in [-0.4, -0.2) is 38.7 Å². The highest BCUT2D eigenvalue weighted by molar-refractivity contribution is 7.92. The van der Waals surface area contributed by atoms with E-state index in [1.807, 2.05) is 73.3 Å². The monoisotopic (exact) mass is 474 g/mol. The smallest absolute Gasteiger partial charge is 0.267 e. The minimum Gasteiger partial charge on any atom is -0.497 e. The third-order valence-corrected chi connectivity index (χ3v) is 7.98. The number of ether oxygens (including phenoxy) is 1. The highest BCUT2D eigenvalue weighted by Crippen LogP contribution is 2.38. The largest absolute Gasteiger partial charge is 0.497 e. The number of anilines is 2. The number of methoxy groups -OCH3 is 1. The van der Waals surface area contributed by atoms with Gasteiger partial charge in [0.25, 0.3) is 10.0 Å². The average Bonchev–Trinajstić information content (AvgIpc) is 3.21. The number of aromatic nitrogens is 2. The highest BCUT2D eigenvalue weighted by atomic mass is 32.2. The standard InChI is InChI=1S/C26H26N4O3S/c1-18-8-13-22(16-19(18)2)34(31,32)30-17-29(15-14-20-9-11-21(33-3)12-10-20)25-26(30)28-24-7-5-4-6-23(24)27-25/h4-13,16H,14-15,17H2,1-3H3. The Morgan fingerprint density at radius 3 is 2.21 bits per heavy atom. The Hall–Kier alpha value is -3.65. The first-order valence-corrected chi connectivity index (χ1v) is 12.6. The summed E-state index contributed by atoms with van der Waals surface area (Å²) >= 11 is 0. The van der Waals surface area contributed by atoms with Crippen molar-refractivity contribution < 1.29 is 13.2 Å². The van der Waals surface area contributed by atoms with Crippen LogP contribution in [0.25, 0.3) is 11.0 Å². The number of para-hydroxylation sites is 2. The first-order chi connectivity index (χ1) is 16.4. The maximum atomic E-state index is 13.7. The van der Waals surface area contributed by atoms with Crippen molar-refractivity contribution >= 4 is 32.7 Å². The van der Waals surface area contributed by atoms with Gasteiger partial charge in [-0.25, -0.2) is 22.7 Å². The Balaban J connectivity index is 1.52. The van der Waals surface area contributed by atoms with Crippen molar-refractivity contribution in [3.05, 3.63) is 83.4 Å². The number of hydrogen-bond donors (Lipinski definition) is 0. The Kier molecular flexibility index (Phi) is 5.61. The van der Waals surface area contributed by atoms with Crippen LogP contribution in [0.3, 0.4) is 0 Å². The summed E-state index contributed by atoms with van der Waals surface area (Å²) in [6, 6.07) is 20.6. The van der Waals surface area contributed by atoms with Crippen molar-refractivity contribution in [1.29, 1.82) is 0 Å². The minimum absolute atomic E-state index is 0.164. The summed E-state index contributed by atoms with van der Waals surface area (Å²) < 4.78 is 34.0. The van der Waals surface area contributed by atoms with E-state index in [4.69, 9.17) is 14.7 Å². The molecule has 2 heterocycles. The van der Waals surface area contributed by atoms with Crippen molar-refractivity contribution in [2.24, 2.45) is 0 Å². The lowest BCUT2D eigenvalue weighted by atomic mass is 10.1. The lowest BCUT2D eigenvalue weighted by molar-refractivity contribution is 0.414. The van der Waals surface area contributed by atoms with E-state index in [0.29, 0.717) is 23.7 Å². The molecule has 174 valence electrons. The molecule has 0 saturated heterocycles. The Morgan fingerprint density at radius 2 is 1.56 bits per heavy atom. The second kappa shape index (κ2) is 8.61. The molecule has 8 heteroatoms. The number of benzene rings is 3. The molecule has 0 atom stereocenters. The number of sulfonamides is 1. The molecule has 34 heavy (non-hydrogen) atoms. The number of aryl methyl sites for hydroxylation is 2. The Morgan fingerprint density at radius 1 is 0.882 bits per heavy atom. The van der Waals surface area contributed by atoms with Crippen molar-refractivity contribution in [1.82, 2.24) is 9.97 Å². The summed E-state index contributed by atoms with van der Waals surface area (Å²) in [7, 11) is -2.17. The third-order valence-electron chi connectivity index (χ3n) is 6.27. The Bertz CT molecular complexity index is 1470. The van der Waals surface area contributed by atoms with Gasteiger partial charge in [-0.2, -0.15) is 0 Å². The Labute approximate surface area is 199 Å².